The fraction of sp³-hybridized carbons (Fsp3) is 0.333. The van der Waals surface area contributed by atoms with Crippen molar-refractivity contribution in [2.24, 2.45) is 0 Å². The van der Waals surface area contributed by atoms with Crippen molar-refractivity contribution < 1.29 is 4.68 Å². The number of aromatic nitrogens is 3. The molecule has 0 N–H and O–H groups in total. The third-order valence-electron chi connectivity index (χ3n) is 2.74. The van der Waals surface area contributed by atoms with Crippen LogP contribution in [0.5, 0.6) is 0 Å². The fourth-order valence-corrected chi connectivity index (χ4v) is 3.03. The van der Waals surface area contributed by atoms with Crippen LogP contribution in [0.3, 0.4) is 0 Å². The average molecular weight is 306 g/mol. The van der Waals surface area contributed by atoms with Crippen molar-refractivity contribution in [1.82, 2.24) is 9.67 Å². The Kier molecular flexibility index (Phi) is 3.85. The van der Waals surface area contributed by atoms with Crippen molar-refractivity contribution >= 4 is 34.8 Å². The highest BCUT2D eigenvalue weighted by molar-refractivity contribution is 6.40. The molecule has 0 aliphatic rings. The van der Waals surface area contributed by atoms with Crippen LogP contribution in [-0.4, -0.2) is 9.67 Å². The molecule has 18 heavy (non-hydrogen) atoms. The molecule has 3 nitrogen and oxygen atoms in total. The highest BCUT2D eigenvalue weighted by Gasteiger charge is 2.23. The number of rotatable bonds is 2. The topological polar surface area (TPSA) is 21.7 Å². The highest BCUT2D eigenvalue weighted by Crippen LogP contribution is 2.31. The molecule has 0 spiro atoms. The number of hydrogen-bond donors (Lipinski definition) is 0. The van der Waals surface area contributed by atoms with Gasteiger partial charge in [0, 0.05) is 18.9 Å². The van der Waals surface area contributed by atoms with Gasteiger partial charge in [0.05, 0.1) is 10.0 Å². The van der Waals surface area contributed by atoms with E-state index in [1.807, 2.05) is 30.1 Å². The van der Waals surface area contributed by atoms with Crippen LogP contribution in [0, 0.1) is 13.8 Å². The second-order valence-electron chi connectivity index (χ2n) is 3.95. The highest BCUT2D eigenvalue weighted by atomic mass is 35.5. The summed E-state index contributed by atoms with van der Waals surface area (Å²) >= 11 is 18.4. The minimum absolute atomic E-state index is 0.509. The van der Waals surface area contributed by atoms with Gasteiger partial charge >= 0.3 is 5.82 Å². The van der Waals surface area contributed by atoms with Crippen molar-refractivity contribution in [2.75, 3.05) is 0 Å². The van der Waals surface area contributed by atoms with Crippen LogP contribution >= 0.6 is 34.8 Å². The first-order valence-corrected chi connectivity index (χ1v) is 6.70. The van der Waals surface area contributed by atoms with E-state index in [-0.39, 0.29) is 0 Å². The normalized spacial score (nSPS) is 11.0. The van der Waals surface area contributed by atoms with Crippen LogP contribution in [-0.2, 0) is 6.54 Å². The van der Waals surface area contributed by atoms with Gasteiger partial charge in [0.15, 0.2) is 0 Å². The molecule has 0 saturated carbocycles. The van der Waals surface area contributed by atoms with Gasteiger partial charge in [-0.15, -0.1) is 9.36 Å². The molecule has 96 valence electrons. The van der Waals surface area contributed by atoms with Crippen LogP contribution in [0.15, 0.2) is 12.1 Å². The number of nitrogens with zero attached hydrogens (tertiary/aromatic N) is 3. The molecule has 0 bridgehead atoms. The van der Waals surface area contributed by atoms with Gasteiger partial charge in [0.1, 0.15) is 12.2 Å². The first-order valence-electron chi connectivity index (χ1n) is 5.56. The first-order chi connectivity index (χ1) is 8.45. The Bertz CT molecular complexity index is 582. The second-order valence-corrected chi connectivity index (χ2v) is 5.20. The van der Waals surface area contributed by atoms with Crippen molar-refractivity contribution in [1.29, 1.82) is 0 Å². The Balaban J connectivity index is 2.77. The Hall–Kier alpha value is -0.770. The molecular formula is C12H13Cl3N3+. The first kappa shape index (κ1) is 13.7. The van der Waals surface area contributed by atoms with E-state index in [0.717, 1.165) is 18.2 Å². The smallest absolute Gasteiger partial charge is 0.149 e. The summed E-state index contributed by atoms with van der Waals surface area (Å²) in [6.45, 7) is 6.69. The van der Waals surface area contributed by atoms with Gasteiger partial charge < -0.3 is 0 Å². The molecule has 1 aromatic heterocycles. The lowest BCUT2D eigenvalue weighted by Gasteiger charge is -2.10. The lowest BCUT2D eigenvalue weighted by molar-refractivity contribution is -0.770. The zero-order valence-electron chi connectivity index (χ0n) is 10.3. The summed E-state index contributed by atoms with van der Waals surface area (Å²) in [5, 5.41) is 1.54. The van der Waals surface area contributed by atoms with Gasteiger partial charge in [0.2, 0.25) is 0 Å². The van der Waals surface area contributed by atoms with Crippen LogP contribution in [0.4, 0.5) is 0 Å². The maximum Gasteiger partial charge on any atom is 0.316 e. The summed E-state index contributed by atoms with van der Waals surface area (Å²) in [6, 6.07) is 3.36. The van der Waals surface area contributed by atoms with E-state index in [9.17, 15) is 0 Å². The fourth-order valence-electron chi connectivity index (χ4n) is 2.05. The van der Waals surface area contributed by atoms with Crippen molar-refractivity contribution in [3.63, 3.8) is 0 Å². The Morgan fingerprint density at radius 2 is 1.72 bits per heavy atom. The molecule has 1 heterocycles. The van der Waals surface area contributed by atoms with Gasteiger partial charge in [-0.05, 0) is 24.0 Å². The number of benzene rings is 1. The molecular weight excluding hydrogens is 293 g/mol. The SMILES string of the molecule is CC[n+]1c(C)nc(C)n1-c1c(Cl)cc(Cl)cc1Cl. The van der Waals surface area contributed by atoms with Crippen molar-refractivity contribution in [3.05, 3.63) is 38.8 Å². The van der Waals surface area contributed by atoms with Gasteiger partial charge in [-0.2, -0.15) is 0 Å². The van der Waals surface area contributed by atoms with Gasteiger partial charge in [0.25, 0.3) is 5.82 Å². The molecule has 6 heteroatoms. The Morgan fingerprint density at radius 1 is 1.17 bits per heavy atom. The van der Waals surface area contributed by atoms with Gasteiger partial charge in [-0.3, -0.25) is 0 Å². The average Bonchev–Trinajstić information content (AvgIpc) is 2.52. The summed E-state index contributed by atoms with van der Waals surface area (Å²) in [7, 11) is 0. The van der Waals surface area contributed by atoms with E-state index in [2.05, 4.69) is 4.98 Å². The predicted octanol–water partition coefficient (Wildman–Crippen LogP) is 3.76. The van der Waals surface area contributed by atoms with Crippen molar-refractivity contribution in [2.45, 2.75) is 27.3 Å². The van der Waals surface area contributed by atoms with E-state index in [0.29, 0.717) is 20.8 Å². The summed E-state index contributed by atoms with van der Waals surface area (Å²) < 4.78 is 3.92. The quantitative estimate of drug-likeness (QED) is 0.774. The molecule has 0 fully saturated rings. The lowest BCUT2D eigenvalue weighted by Crippen LogP contribution is -2.44. The molecule has 0 atom stereocenters. The monoisotopic (exact) mass is 304 g/mol. The molecule has 2 rings (SSSR count). The third kappa shape index (κ3) is 2.22. The largest absolute Gasteiger partial charge is 0.316 e. The minimum atomic E-state index is 0.509. The summed E-state index contributed by atoms with van der Waals surface area (Å²) in [4.78, 5) is 4.44. The van der Waals surface area contributed by atoms with E-state index in [1.165, 1.54) is 0 Å². The van der Waals surface area contributed by atoms with Crippen LogP contribution in [0.25, 0.3) is 5.69 Å². The molecule has 0 aliphatic heterocycles. The van der Waals surface area contributed by atoms with Crippen LogP contribution in [0.2, 0.25) is 15.1 Å². The molecule has 0 radical (unpaired) electrons. The summed E-state index contributed by atoms with van der Waals surface area (Å²) in [6.07, 6.45) is 0. The Labute approximate surface area is 121 Å². The van der Waals surface area contributed by atoms with Gasteiger partial charge in [-0.25, -0.2) is 0 Å². The standard InChI is InChI=1S/C12H13Cl3N3/c1-4-17-7(2)16-8(3)18(17)12-10(14)5-9(13)6-11(12)15/h5-6H,4H2,1-3H3/q+1. The zero-order valence-corrected chi connectivity index (χ0v) is 12.6. The number of hydrogen-bond acceptors (Lipinski definition) is 1. The van der Waals surface area contributed by atoms with Gasteiger partial charge in [-0.1, -0.05) is 34.8 Å². The number of aryl methyl sites for hydroxylation is 2. The molecule has 0 aliphatic carbocycles. The zero-order chi connectivity index (χ0) is 13.4. The maximum absolute atomic E-state index is 6.25. The number of halogens is 3. The summed E-state index contributed by atoms with van der Waals surface area (Å²) in [5.41, 5.74) is 0.711. The Morgan fingerprint density at radius 3 is 2.22 bits per heavy atom. The van der Waals surface area contributed by atoms with E-state index < -0.39 is 0 Å². The third-order valence-corrected chi connectivity index (χ3v) is 3.53. The molecule has 0 amide bonds. The van der Waals surface area contributed by atoms with Crippen molar-refractivity contribution in [3.8, 4) is 5.69 Å². The van der Waals surface area contributed by atoms with E-state index in [1.54, 1.807) is 12.1 Å². The summed E-state index contributed by atoms with van der Waals surface area (Å²) in [5.74, 6) is 1.75. The molecule has 2 aromatic rings. The van der Waals surface area contributed by atoms with Crippen LogP contribution < -0.4 is 4.68 Å². The minimum Gasteiger partial charge on any atom is -0.149 e. The van der Waals surface area contributed by atoms with E-state index >= 15 is 0 Å². The predicted molar refractivity (Wildman–Crippen MR) is 73.9 cm³/mol. The lowest BCUT2D eigenvalue weighted by atomic mass is 10.3. The molecule has 1 aromatic carbocycles. The molecule has 0 unspecified atom stereocenters. The second kappa shape index (κ2) is 5.08. The van der Waals surface area contributed by atoms with Crippen LogP contribution in [0.1, 0.15) is 18.6 Å². The van der Waals surface area contributed by atoms with E-state index in [4.69, 9.17) is 34.8 Å². The maximum atomic E-state index is 6.25. The molecule has 0 saturated heterocycles.